The van der Waals surface area contributed by atoms with E-state index >= 15 is 0 Å². The first-order valence-electron chi connectivity index (χ1n) is 5.91. The molecule has 1 amide bonds. The SMILES string of the molecule is Cc1nc2cc(CNC(=O)CCO)ccc2n1C. The molecule has 1 heterocycles. The number of aryl methyl sites for hydroxylation is 2. The molecule has 0 radical (unpaired) electrons. The van der Waals surface area contributed by atoms with Gasteiger partial charge in [-0.25, -0.2) is 4.98 Å². The lowest BCUT2D eigenvalue weighted by atomic mass is 10.2. The first-order chi connectivity index (χ1) is 8.61. The van der Waals surface area contributed by atoms with Crippen molar-refractivity contribution in [2.45, 2.75) is 19.9 Å². The Labute approximate surface area is 105 Å². The molecule has 0 unspecified atom stereocenters. The second kappa shape index (κ2) is 5.18. The molecule has 0 aliphatic heterocycles. The highest BCUT2D eigenvalue weighted by molar-refractivity contribution is 5.78. The topological polar surface area (TPSA) is 67.2 Å². The molecule has 96 valence electrons. The molecule has 0 saturated heterocycles. The largest absolute Gasteiger partial charge is 0.396 e. The van der Waals surface area contributed by atoms with Gasteiger partial charge in [-0.15, -0.1) is 0 Å². The third-order valence-corrected chi connectivity index (χ3v) is 3.00. The van der Waals surface area contributed by atoms with Gasteiger partial charge in [0, 0.05) is 20.0 Å². The lowest BCUT2D eigenvalue weighted by Gasteiger charge is -2.04. The molecule has 1 aromatic carbocycles. The smallest absolute Gasteiger partial charge is 0.222 e. The number of carbonyl (C=O) groups excluding carboxylic acids is 1. The minimum atomic E-state index is -0.144. The average Bonchev–Trinajstić information content (AvgIpc) is 2.63. The quantitative estimate of drug-likeness (QED) is 0.842. The van der Waals surface area contributed by atoms with Crippen LogP contribution in [0.4, 0.5) is 0 Å². The summed E-state index contributed by atoms with van der Waals surface area (Å²) in [6, 6.07) is 5.95. The molecule has 0 atom stereocenters. The molecule has 0 fully saturated rings. The maximum atomic E-state index is 11.2. The summed E-state index contributed by atoms with van der Waals surface area (Å²) in [5.41, 5.74) is 3.02. The molecular formula is C13H17N3O2. The zero-order valence-electron chi connectivity index (χ0n) is 10.6. The number of aromatic nitrogens is 2. The maximum absolute atomic E-state index is 11.2. The van der Waals surface area contributed by atoms with Gasteiger partial charge >= 0.3 is 0 Å². The first-order valence-corrected chi connectivity index (χ1v) is 5.91. The Morgan fingerprint density at radius 3 is 3.00 bits per heavy atom. The number of hydrogen-bond acceptors (Lipinski definition) is 3. The van der Waals surface area contributed by atoms with Crippen molar-refractivity contribution in [3.63, 3.8) is 0 Å². The molecule has 2 rings (SSSR count). The van der Waals surface area contributed by atoms with Crippen LogP contribution in [0, 0.1) is 6.92 Å². The fourth-order valence-corrected chi connectivity index (χ4v) is 1.87. The number of carbonyl (C=O) groups is 1. The second-order valence-corrected chi connectivity index (χ2v) is 4.29. The van der Waals surface area contributed by atoms with E-state index in [1.165, 1.54) is 0 Å². The molecule has 0 saturated carbocycles. The Morgan fingerprint density at radius 2 is 2.28 bits per heavy atom. The van der Waals surface area contributed by atoms with Gasteiger partial charge in [-0.1, -0.05) is 6.07 Å². The molecule has 18 heavy (non-hydrogen) atoms. The number of aliphatic hydroxyl groups excluding tert-OH is 1. The number of nitrogens with one attached hydrogen (secondary N) is 1. The van der Waals surface area contributed by atoms with E-state index in [-0.39, 0.29) is 18.9 Å². The lowest BCUT2D eigenvalue weighted by molar-refractivity contribution is -0.121. The maximum Gasteiger partial charge on any atom is 0.222 e. The minimum Gasteiger partial charge on any atom is -0.396 e. The number of hydrogen-bond donors (Lipinski definition) is 2. The van der Waals surface area contributed by atoms with E-state index in [1.54, 1.807) is 0 Å². The summed E-state index contributed by atoms with van der Waals surface area (Å²) >= 11 is 0. The fourth-order valence-electron chi connectivity index (χ4n) is 1.87. The summed E-state index contributed by atoms with van der Waals surface area (Å²) in [5.74, 6) is 0.821. The third-order valence-electron chi connectivity index (χ3n) is 3.00. The average molecular weight is 247 g/mol. The van der Waals surface area contributed by atoms with E-state index in [0.29, 0.717) is 6.54 Å². The van der Waals surface area contributed by atoms with Crippen molar-refractivity contribution in [3.05, 3.63) is 29.6 Å². The Hall–Kier alpha value is -1.88. The van der Waals surface area contributed by atoms with Crippen molar-refractivity contribution in [2.75, 3.05) is 6.61 Å². The second-order valence-electron chi connectivity index (χ2n) is 4.29. The van der Waals surface area contributed by atoms with Crippen LogP contribution in [0.5, 0.6) is 0 Å². The highest BCUT2D eigenvalue weighted by Crippen LogP contribution is 2.16. The van der Waals surface area contributed by atoms with Gasteiger partial charge in [-0.2, -0.15) is 0 Å². The van der Waals surface area contributed by atoms with Crippen LogP contribution in [-0.2, 0) is 18.4 Å². The van der Waals surface area contributed by atoms with Crippen molar-refractivity contribution in [2.24, 2.45) is 7.05 Å². The van der Waals surface area contributed by atoms with E-state index in [9.17, 15) is 4.79 Å². The van der Waals surface area contributed by atoms with Crippen LogP contribution in [-0.4, -0.2) is 27.2 Å². The van der Waals surface area contributed by atoms with Crippen LogP contribution >= 0.6 is 0 Å². The Kier molecular flexibility index (Phi) is 3.62. The zero-order chi connectivity index (χ0) is 13.1. The fraction of sp³-hybridized carbons (Fsp3) is 0.385. The predicted molar refractivity (Wildman–Crippen MR) is 69.0 cm³/mol. The summed E-state index contributed by atoms with van der Waals surface area (Å²) in [6.07, 6.45) is 0.144. The molecule has 0 bridgehead atoms. The van der Waals surface area contributed by atoms with E-state index in [4.69, 9.17) is 5.11 Å². The van der Waals surface area contributed by atoms with Crippen molar-refractivity contribution in [1.82, 2.24) is 14.9 Å². The van der Waals surface area contributed by atoms with E-state index < -0.39 is 0 Å². The normalized spacial score (nSPS) is 10.8. The molecule has 2 aromatic rings. The number of rotatable bonds is 4. The van der Waals surface area contributed by atoms with Crippen LogP contribution in [0.1, 0.15) is 17.8 Å². The number of imidazole rings is 1. The van der Waals surface area contributed by atoms with E-state index in [2.05, 4.69) is 10.3 Å². The van der Waals surface area contributed by atoms with Gasteiger partial charge in [-0.3, -0.25) is 4.79 Å². The number of fused-ring (bicyclic) bond motifs is 1. The van der Waals surface area contributed by atoms with E-state index in [0.717, 1.165) is 22.4 Å². The molecule has 0 aliphatic rings. The van der Waals surface area contributed by atoms with Crippen LogP contribution in [0.2, 0.25) is 0 Å². The number of nitrogens with zero attached hydrogens (tertiary/aromatic N) is 2. The monoisotopic (exact) mass is 247 g/mol. The summed E-state index contributed by atoms with van der Waals surface area (Å²) in [7, 11) is 1.98. The Bertz CT molecular complexity index is 575. The van der Waals surface area contributed by atoms with Gasteiger partial charge < -0.3 is 15.0 Å². The van der Waals surface area contributed by atoms with Crippen LogP contribution in [0.25, 0.3) is 11.0 Å². The van der Waals surface area contributed by atoms with Gasteiger partial charge in [0.15, 0.2) is 0 Å². The summed E-state index contributed by atoms with van der Waals surface area (Å²) in [5, 5.41) is 11.4. The minimum absolute atomic E-state index is 0.121. The predicted octanol–water partition coefficient (Wildman–Crippen LogP) is 0.880. The van der Waals surface area contributed by atoms with Gasteiger partial charge in [0.2, 0.25) is 5.91 Å². The number of benzene rings is 1. The van der Waals surface area contributed by atoms with Crippen LogP contribution in [0.15, 0.2) is 18.2 Å². The third kappa shape index (κ3) is 2.51. The molecule has 5 nitrogen and oxygen atoms in total. The Morgan fingerprint density at radius 1 is 1.50 bits per heavy atom. The lowest BCUT2D eigenvalue weighted by Crippen LogP contribution is -2.23. The van der Waals surface area contributed by atoms with Gasteiger partial charge in [0.1, 0.15) is 5.82 Å². The van der Waals surface area contributed by atoms with Gasteiger partial charge in [0.25, 0.3) is 0 Å². The van der Waals surface area contributed by atoms with Crippen LogP contribution in [0.3, 0.4) is 0 Å². The number of amides is 1. The molecule has 0 spiro atoms. The van der Waals surface area contributed by atoms with Crippen LogP contribution < -0.4 is 5.32 Å². The van der Waals surface area contributed by atoms with Crippen molar-refractivity contribution >= 4 is 16.9 Å². The highest BCUT2D eigenvalue weighted by Gasteiger charge is 2.05. The summed E-state index contributed by atoms with van der Waals surface area (Å²) in [6.45, 7) is 2.30. The number of aliphatic hydroxyl groups is 1. The van der Waals surface area contributed by atoms with E-state index in [1.807, 2.05) is 36.7 Å². The first kappa shape index (κ1) is 12.6. The van der Waals surface area contributed by atoms with Crippen molar-refractivity contribution in [3.8, 4) is 0 Å². The molecule has 0 aliphatic carbocycles. The highest BCUT2D eigenvalue weighted by atomic mass is 16.3. The standard InChI is InChI=1S/C13H17N3O2/c1-9-15-11-7-10(3-4-12(11)16(9)2)8-14-13(18)5-6-17/h3-4,7,17H,5-6,8H2,1-2H3,(H,14,18). The summed E-state index contributed by atoms with van der Waals surface area (Å²) in [4.78, 5) is 15.7. The van der Waals surface area contributed by atoms with Gasteiger partial charge in [-0.05, 0) is 24.6 Å². The molecule has 2 N–H and O–H groups in total. The van der Waals surface area contributed by atoms with Crippen molar-refractivity contribution in [1.29, 1.82) is 0 Å². The molecule has 5 heteroatoms. The summed E-state index contributed by atoms with van der Waals surface area (Å²) < 4.78 is 2.03. The zero-order valence-corrected chi connectivity index (χ0v) is 10.6. The van der Waals surface area contributed by atoms with Crippen molar-refractivity contribution < 1.29 is 9.90 Å². The molecule has 1 aromatic heterocycles. The van der Waals surface area contributed by atoms with Gasteiger partial charge in [0.05, 0.1) is 17.6 Å². The Balaban J connectivity index is 2.13. The molecular weight excluding hydrogens is 230 g/mol.